The lowest BCUT2D eigenvalue weighted by Crippen LogP contribution is -2.04. The first-order valence-corrected chi connectivity index (χ1v) is 5.73. The zero-order valence-corrected chi connectivity index (χ0v) is 9.67. The van der Waals surface area contributed by atoms with Gasteiger partial charge in [0.25, 0.3) is 0 Å². The Hall–Kier alpha value is -2.14. The van der Waals surface area contributed by atoms with Crippen LogP contribution in [0.15, 0.2) is 30.6 Å². The lowest BCUT2D eigenvalue weighted by atomic mass is 10.0. The van der Waals surface area contributed by atoms with Crippen LogP contribution >= 0.6 is 0 Å². The number of hydrogen-bond donors (Lipinski definition) is 1. The Labute approximate surface area is 103 Å². The number of carbonyl (C=O) groups is 1. The summed E-state index contributed by atoms with van der Waals surface area (Å²) in [6.45, 7) is 1.37. The van der Waals surface area contributed by atoms with Crippen LogP contribution in [-0.2, 0) is 4.74 Å². The van der Waals surface area contributed by atoms with Gasteiger partial charge in [-0.1, -0.05) is 6.08 Å². The normalized spacial score (nSPS) is 15.7. The van der Waals surface area contributed by atoms with E-state index >= 15 is 0 Å². The van der Waals surface area contributed by atoms with Gasteiger partial charge in [-0.05, 0) is 29.7 Å². The van der Waals surface area contributed by atoms with Gasteiger partial charge in [-0.2, -0.15) is 0 Å². The second kappa shape index (κ2) is 4.27. The van der Waals surface area contributed by atoms with Crippen LogP contribution in [0.4, 0.5) is 0 Å². The third-order valence-corrected chi connectivity index (χ3v) is 3.00. The number of hydrogen-bond acceptors (Lipinski definition) is 3. The van der Waals surface area contributed by atoms with Crippen molar-refractivity contribution in [3.8, 4) is 0 Å². The Bertz CT molecular complexity index is 643. The van der Waals surface area contributed by atoms with Gasteiger partial charge in [-0.15, -0.1) is 0 Å². The minimum Gasteiger partial charge on any atom is -0.476 e. The van der Waals surface area contributed by atoms with E-state index in [9.17, 15) is 4.79 Å². The number of aromatic nitrogens is 2. The molecule has 0 saturated heterocycles. The number of imidazole rings is 1. The van der Waals surface area contributed by atoms with Crippen molar-refractivity contribution in [2.24, 2.45) is 0 Å². The standard InChI is InChI=1S/C13H12N2O3/c16-13(17)11-8-15-7-10(1-2-12(15)14-11)9-3-5-18-6-4-9/h1-3,7-8H,4-6H2,(H,16,17). The quantitative estimate of drug-likeness (QED) is 0.875. The summed E-state index contributed by atoms with van der Waals surface area (Å²) in [5, 5.41) is 8.90. The fourth-order valence-corrected chi connectivity index (χ4v) is 2.07. The van der Waals surface area contributed by atoms with Crippen LogP contribution in [0.1, 0.15) is 22.5 Å². The molecule has 2 aromatic rings. The van der Waals surface area contributed by atoms with Crippen molar-refractivity contribution < 1.29 is 14.6 Å². The highest BCUT2D eigenvalue weighted by atomic mass is 16.5. The first kappa shape index (κ1) is 11.0. The molecule has 18 heavy (non-hydrogen) atoms. The molecule has 0 spiro atoms. The van der Waals surface area contributed by atoms with E-state index in [2.05, 4.69) is 11.1 Å². The molecule has 5 heteroatoms. The predicted octanol–water partition coefficient (Wildman–Crippen LogP) is 1.84. The molecule has 0 aromatic carbocycles. The first-order valence-electron chi connectivity index (χ1n) is 5.73. The van der Waals surface area contributed by atoms with Crippen LogP contribution in [0, 0.1) is 0 Å². The zero-order chi connectivity index (χ0) is 12.5. The van der Waals surface area contributed by atoms with Crippen LogP contribution in [0.25, 0.3) is 11.2 Å². The average Bonchev–Trinajstić information content (AvgIpc) is 2.82. The van der Waals surface area contributed by atoms with Gasteiger partial charge < -0.3 is 14.2 Å². The van der Waals surface area contributed by atoms with Gasteiger partial charge in [0.05, 0.1) is 13.2 Å². The largest absolute Gasteiger partial charge is 0.476 e. The molecule has 0 atom stereocenters. The zero-order valence-electron chi connectivity index (χ0n) is 9.67. The maximum Gasteiger partial charge on any atom is 0.356 e. The van der Waals surface area contributed by atoms with Crippen LogP contribution < -0.4 is 0 Å². The molecule has 1 aliphatic rings. The van der Waals surface area contributed by atoms with E-state index in [1.165, 1.54) is 11.8 Å². The van der Waals surface area contributed by atoms with Gasteiger partial charge in [-0.3, -0.25) is 0 Å². The van der Waals surface area contributed by atoms with Crippen molar-refractivity contribution in [2.75, 3.05) is 13.2 Å². The second-order valence-electron chi connectivity index (χ2n) is 4.17. The fraction of sp³-hybridized carbons (Fsp3) is 0.231. The molecule has 0 amide bonds. The van der Waals surface area contributed by atoms with E-state index in [1.807, 2.05) is 18.3 Å². The lowest BCUT2D eigenvalue weighted by Gasteiger charge is -2.13. The molecule has 1 aliphatic heterocycles. The lowest BCUT2D eigenvalue weighted by molar-refractivity contribution is 0.0691. The molecule has 0 fully saturated rings. The summed E-state index contributed by atoms with van der Waals surface area (Å²) in [5.74, 6) is -1.01. The highest BCUT2D eigenvalue weighted by Gasteiger charge is 2.11. The van der Waals surface area contributed by atoms with Gasteiger partial charge in [0.15, 0.2) is 5.69 Å². The Kier molecular flexibility index (Phi) is 2.60. The average molecular weight is 244 g/mol. The number of fused-ring (bicyclic) bond motifs is 1. The van der Waals surface area contributed by atoms with Crippen molar-refractivity contribution in [3.63, 3.8) is 0 Å². The molecule has 92 valence electrons. The number of carboxylic acid groups (broad SMARTS) is 1. The van der Waals surface area contributed by atoms with E-state index in [0.717, 1.165) is 18.6 Å². The summed E-state index contributed by atoms with van der Waals surface area (Å²) in [6, 6.07) is 3.79. The van der Waals surface area contributed by atoms with Crippen molar-refractivity contribution in [1.82, 2.24) is 9.38 Å². The summed E-state index contributed by atoms with van der Waals surface area (Å²) in [6.07, 6.45) is 6.37. The van der Waals surface area contributed by atoms with Gasteiger partial charge in [0.1, 0.15) is 5.65 Å². The topological polar surface area (TPSA) is 63.8 Å². The molecular formula is C13H12N2O3. The Balaban J connectivity index is 2.05. The SMILES string of the molecule is O=C(O)c1cn2cc(C3=CCOCC3)ccc2n1. The summed E-state index contributed by atoms with van der Waals surface area (Å²) >= 11 is 0. The van der Waals surface area contributed by atoms with Crippen molar-refractivity contribution in [3.05, 3.63) is 41.9 Å². The maximum atomic E-state index is 10.9. The molecule has 0 saturated carbocycles. The number of pyridine rings is 1. The van der Waals surface area contributed by atoms with Crippen molar-refractivity contribution >= 4 is 17.2 Å². The molecule has 3 rings (SSSR count). The summed E-state index contributed by atoms with van der Waals surface area (Å²) in [4.78, 5) is 14.9. The number of carboxylic acids is 1. The minimum absolute atomic E-state index is 0.0631. The molecule has 1 N–H and O–H groups in total. The first-order chi connectivity index (χ1) is 8.74. The van der Waals surface area contributed by atoms with Crippen LogP contribution in [-0.4, -0.2) is 33.7 Å². The Morgan fingerprint density at radius 1 is 1.39 bits per heavy atom. The van der Waals surface area contributed by atoms with Crippen LogP contribution in [0.2, 0.25) is 0 Å². The van der Waals surface area contributed by atoms with E-state index in [0.29, 0.717) is 12.3 Å². The summed E-state index contributed by atoms with van der Waals surface area (Å²) in [7, 11) is 0. The maximum absolute atomic E-state index is 10.9. The molecule has 5 nitrogen and oxygen atoms in total. The van der Waals surface area contributed by atoms with E-state index in [1.54, 1.807) is 4.40 Å². The predicted molar refractivity (Wildman–Crippen MR) is 65.6 cm³/mol. The molecule has 3 heterocycles. The van der Waals surface area contributed by atoms with Gasteiger partial charge in [0, 0.05) is 12.4 Å². The minimum atomic E-state index is -1.01. The van der Waals surface area contributed by atoms with Crippen molar-refractivity contribution in [1.29, 1.82) is 0 Å². The summed E-state index contributed by atoms with van der Waals surface area (Å²) in [5.41, 5.74) is 3.02. The van der Waals surface area contributed by atoms with E-state index in [-0.39, 0.29) is 5.69 Å². The molecule has 0 unspecified atom stereocenters. The molecule has 0 bridgehead atoms. The van der Waals surface area contributed by atoms with Crippen LogP contribution in [0.5, 0.6) is 0 Å². The van der Waals surface area contributed by atoms with Crippen LogP contribution in [0.3, 0.4) is 0 Å². The third-order valence-electron chi connectivity index (χ3n) is 3.00. The Morgan fingerprint density at radius 2 is 2.28 bits per heavy atom. The van der Waals surface area contributed by atoms with E-state index in [4.69, 9.17) is 9.84 Å². The number of nitrogens with zero attached hydrogens (tertiary/aromatic N) is 2. The monoisotopic (exact) mass is 244 g/mol. The third kappa shape index (κ3) is 1.89. The molecular weight excluding hydrogens is 232 g/mol. The van der Waals surface area contributed by atoms with Crippen molar-refractivity contribution in [2.45, 2.75) is 6.42 Å². The van der Waals surface area contributed by atoms with E-state index < -0.39 is 5.97 Å². The van der Waals surface area contributed by atoms with Gasteiger partial charge >= 0.3 is 5.97 Å². The molecule has 2 aromatic heterocycles. The number of rotatable bonds is 2. The summed E-state index contributed by atoms with van der Waals surface area (Å²) < 4.78 is 7.02. The molecule has 0 radical (unpaired) electrons. The second-order valence-corrected chi connectivity index (χ2v) is 4.17. The highest BCUT2D eigenvalue weighted by Crippen LogP contribution is 2.21. The smallest absolute Gasteiger partial charge is 0.356 e. The molecule has 0 aliphatic carbocycles. The van der Waals surface area contributed by atoms with Gasteiger partial charge in [-0.25, -0.2) is 9.78 Å². The number of ether oxygens (including phenoxy) is 1. The Morgan fingerprint density at radius 3 is 3.00 bits per heavy atom. The number of aromatic carboxylic acids is 1. The van der Waals surface area contributed by atoms with Gasteiger partial charge in [0.2, 0.25) is 0 Å². The highest BCUT2D eigenvalue weighted by molar-refractivity contribution is 5.86. The fourth-order valence-electron chi connectivity index (χ4n) is 2.07.